The van der Waals surface area contributed by atoms with Crippen LogP contribution >= 0.6 is 0 Å². The lowest BCUT2D eigenvalue weighted by molar-refractivity contribution is 0.443. The fourth-order valence-electron chi connectivity index (χ4n) is 2.72. The van der Waals surface area contributed by atoms with E-state index in [1.807, 2.05) is 44.2 Å². The Hall–Kier alpha value is -0.950. The van der Waals surface area contributed by atoms with E-state index in [0.29, 0.717) is 19.6 Å². The molecule has 1 aliphatic heterocycles. The van der Waals surface area contributed by atoms with Crippen molar-refractivity contribution in [1.82, 2.24) is 9.03 Å². The zero-order valence-corrected chi connectivity index (χ0v) is 12.8. The molecule has 112 valence electrons. The van der Waals surface area contributed by atoms with Crippen molar-refractivity contribution >= 4 is 10.2 Å². The van der Waals surface area contributed by atoms with E-state index in [2.05, 4.69) is 4.72 Å². The van der Waals surface area contributed by atoms with Crippen molar-refractivity contribution in [2.45, 2.75) is 25.8 Å². The summed E-state index contributed by atoms with van der Waals surface area (Å²) in [6, 6.07) is 9.90. The van der Waals surface area contributed by atoms with E-state index in [0.717, 1.165) is 5.56 Å². The molecule has 2 atom stereocenters. The van der Waals surface area contributed by atoms with E-state index in [-0.39, 0.29) is 17.9 Å². The molecule has 0 aromatic heterocycles. The summed E-state index contributed by atoms with van der Waals surface area (Å²) in [6.07, 6.45) is 0. The normalized spacial score (nSPS) is 24.4. The second-order valence-corrected chi connectivity index (χ2v) is 7.31. The first-order valence-electron chi connectivity index (χ1n) is 6.96. The standard InChI is InChI=1S/C14H23N3O2S/c1-11(2)16-20(18,19)17-9-13(8-15)14(10-17)12-6-4-3-5-7-12/h3-7,11,13-14,16H,8-10,15H2,1-2H3/t13-,14+/m1/s1. The molecule has 0 saturated carbocycles. The summed E-state index contributed by atoms with van der Waals surface area (Å²) in [5.74, 6) is 0.339. The van der Waals surface area contributed by atoms with Crippen LogP contribution in [0.4, 0.5) is 0 Å². The van der Waals surface area contributed by atoms with Crippen molar-refractivity contribution in [3.8, 4) is 0 Å². The average molecular weight is 297 g/mol. The third-order valence-electron chi connectivity index (χ3n) is 3.66. The minimum absolute atomic E-state index is 0.105. The van der Waals surface area contributed by atoms with Crippen LogP contribution in [-0.4, -0.2) is 38.4 Å². The Bertz CT molecular complexity index is 531. The van der Waals surface area contributed by atoms with E-state index in [9.17, 15) is 8.42 Å². The van der Waals surface area contributed by atoms with Gasteiger partial charge < -0.3 is 5.73 Å². The van der Waals surface area contributed by atoms with Crippen molar-refractivity contribution in [2.75, 3.05) is 19.6 Å². The second kappa shape index (κ2) is 6.22. The molecule has 0 spiro atoms. The number of benzene rings is 1. The largest absolute Gasteiger partial charge is 0.330 e. The molecule has 1 fully saturated rings. The molecule has 6 heteroatoms. The third-order valence-corrected chi connectivity index (χ3v) is 5.41. The molecule has 1 saturated heterocycles. The highest BCUT2D eigenvalue weighted by molar-refractivity contribution is 7.87. The molecule has 1 aromatic carbocycles. The average Bonchev–Trinajstić information content (AvgIpc) is 2.83. The summed E-state index contributed by atoms with van der Waals surface area (Å²) in [5.41, 5.74) is 6.98. The van der Waals surface area contributed by atoms with Crippen molar-refractivity contribution in [2.24, 2.45) is 11.7 Å². The lowest BCUT2D eigenvalue weighted by Crippen LogP contribution is -2.42. The van der Waals surface area contributed by atoms with Crippen molar-refractivity contribution in [1.29, 1.82) is 0 Å². The van der Waals surface area contributed by atoms with Gasteiger partial charge in [0.1, 0.15) is 0 Å². The Labute approximate surface area is 121 Å². The highest BCUT2D eigenvalue weighted by atomic mass is 32.2. The predicted octanol–water partition coefficient (Wildman–Crippen LogP) is 0.904. The highest BCUT2D eigenvalue weighted by Crippen LogP contribution is 2.33. The Balaban J connectivity index is 2.18. The molecule has 2 rings (SSSR count). The molecule has 5 nitrogen and oxygen atoms in total. The number of rotatable bonds is 5. The van der Waals surface area contributed by atoms with Gasteiger partial charge in [-0.05, 0) is 31.9 Å². The molecule has 0 bridgehead atoms. The van der Waals surface area contributed by atoms with Gasteiger partial charge in [-0.3, -0.25) is 0 Å². The minimum Gasteiger partial charge on any atom is -0.330 e. The lowest BCUT2D eigenvalue weighted by atomic mass is 9.89. The van der Waals surface area contributed by atoms with Gasteiger partial charge in [-0.15, -0.1) is 0 Å². The van der Waals surface area contributed by atoms with E-state index in [1.54, 1.807) is 0 Å². The SMILES string of the molecule is CC(C)NS(=O)(=O)N1C[C@@H](CN)[C@H](c2ccccc2)C1. The predicted molar refractivity (Wildman–Crippen MR) is 80.5 cm³/mol. The van der Waals surface area contributed by atoms with Gasteiger partial charge in [0, 0.05) is 25.0 Å². The van der Waals surface area contributed by atoms with Crippen LogP contribution in [0.3, 0.4) is 0 Å². The number of nitrogens with two attached hydrogens (primary N) is 1. The van der Waals surface area contributed by atoms with E-state index in [4.69, 9.17) is 5.73 Å². The molecule has 1 aliphatic rings. The summed E-state index contributed by atoms with van der Waals surface area (Å²) in [4.78, 5) is 0. The summed E-state index contributed by atoms with van der Waals surface area (Å²) >= 11 is 0. The fourth-order valence-corrected chi connectivity index (χ4v) is 4.21. The van der Waals surface area contributed by atoms with Gasteiger partial charge in [-0.1, -0.05) is 30.3 Å². The zero-order valence-electron chi connectivity index (χ0n) is 12.0. The first kappa shape index (κ1) is 15.4. The van der Waals surface area contributed by atoms with Gasteiger partial charge in [0.15, 0.2) is 0 Å². The van der Waals surface area contributed by atoms with Gasteiger partial charge in [-0.25, -0.2) is 0 Å². The second-order valence-electron chi connectivity index (χ2n) is 5.61. The van der Waals surface area contributed by atoms with Gasteiger partial charge in [0.05, 0.1) is 0 Å². The summed E-state index contributed by atoms with van der Waals surface area (Å²) in [6.45, 7) is 5.12. The molecule has 0 aliphatic carbocycles. The molecule has 1 aromatic rings. The topological polar surface area (TPSA) is 75.4 Å². The number of hydrogen-bond donors (Lipinski definition) is 2. The van der Waals surface area contributed by atoms with E-state index < -0.39 is 10.2 Å². The van der Waals surface area contributed by atoms with Crippen LogP contribution in [0.15, 0.2) is 30.3 Å². The first-order valence-corrected chi connectivity index (χ1v) is 8.40. The first-order chi connectivity index (χ1) is 9.44. The van der Waals surface area contributed by atoms with Gasteiger partial charge in [-0.2, -0.15) is 17.4 Å². The zero-order chi connectivity index (χ0) is 14.8. The van der Waals surface area contributed by atoms with E-state index >= 15 is 0 Å². The minimum atomic E-state index is -3.42. The van der Waals surface area contributed by atoms with Gasteiger partial charge >= 0.3 is 0 Å². The Kier molecular flexibility index (Phi) is 4.80. The van der Waals surface area contributed by atoms with Crippen LogP contribution in [0, 0.1) is 5.92 Å². The maximum Gasteiger partial charge on any atom is 0.279 e. The van der Waals surface area contributed by atoms with Crippen LogP contribution in [0.2, 0.25) is 0 Å². The van der Waals surface area contributed by atoms with Crippen LogP contribution < -0.4 is 10.5 Å². The molecule has 3 N–H and O–H groups in total. The number of nitrogens with one attached hydrogen (secondary N) is 1. The lowest BCUT2D eigenvalue weighted by Gasteiger charge is -2.18. The van der Waals surface area contributed by atoms with Gasteiger partial charge in [0.25, 0.3) is 10.2 Å². The quantitative estimate of drug-likeness (QED) is 0.848. The monoisotopic (exact) mass is 297 g/mol. The molecular weight excluding hydrogens is 274 g/mol. The van der Waals surface area contributed by atoms with Crippen LogP contribution in [0.5, 0.6) is 0 Å². The molecule has 0 amide bonds. The molecule has 20 heavy (non-hydrogen) atoms. The third kappa shape index (κ3) is 3.38. The van der Waals surface area contributed by atoms with Crippen molar-refractivity contribution in [3.05, 3.63) is 35.9 Å². The Morgan fingerprint density at radius 2 is 1.95 bits per heavy atom. The number of nitrogens with zero attached hydrogens (tertiary/aromatic N) is 1. The number of hydrogen-bond acceptors (Lipinski definition) is 3. The summed E-state index contributed by atoms with van der Waals surface area (Å²) < 4.78 is 28.7. The van der Waals surface area contributed by atoms with Crippen LogP contribution in [0.1, 0.15) is 25.3 Å². The van der Waals surface area contributed by atoms with Crippen LogP contribution in [-0.2, 0) is 10.2 Å². The van der Waals surface area contributed by atoms with Crippen molar-refractivity contribution < 1.29 is 8.42 Å². The maximum atomic E-state index is 12.3. The molecule has 0 unspecified atom stereocenters. The smallest absolute Gasteiger partial charge is 0.279 e. The Morgan fingerprint density at radius 3 is 2.50 bits per heavy atom. The fraction of sp³-hybridized carbons (Fsp3) is 0.571. The summed E-state index contributed by atoms with van der Waals surface area (Å²) in [7, 11) is -3.42. The maximum absolute atomic E-state index is 12.3. The Morgan fingerprint density at radius 1 is 1.30 bits per heavy atom. The summed E-state index contributed by atoms with van der Waals surface area (Å²) in [5, 5.41) is 0. The van der Waals surface area contributed by atoms with Gasteiger partial charge in [0.2, 0.25) is 0 Å². The molecule has 1 heterocycles. The van der Waals surface area contributed by atoms with Crippen molar-refractivity contribution in [3.63, 3.8) is 0 Å². The van der Waals surface area contributed by atoms with E-state index in [1.165, 1.54) is 4.31 Å². The van der Waals surface area contributed by atoms with Crippen LogP contribution in [0.25, 0.3) is 0 Å². The molecular formula is C14H23N3O2S. The highest BCUT2D eigenvalue weighted by Gasteiger charge is 2.38. The molecule has 0 radical (unpaired) electrons.